The first-order chi connectivity index (χ1) is 13.8. The second-order valence-electron chi connectivity index (χ2n) is 7.06. The van der Waals surface area contributed by atoms with Crippen molar-refractivity contribution in [2.24, 2.45) is 0 Å². The van der Waals surface area contributed by atoms with E-state index in [1.807, 2.05) is 24.3 Å². The number of methoxy groups -OCH3 is 1. The summed E-state index contributed by atoms with van der Waals surface area (Å²) in [5, 5.41) is 42.3. The van der Waals surface area contributed by atoms with Gasteiger partial charge in [0.1, 0.15) is 24.4 Å². The molecule has 29 heavy (non-hydrogen) atoms. The first kappa shape index (κ1) is 21.8. The smallest absolute Gasteiger partial charge is 0.222 e. The van der Waals surface area contributed by atoms with Gasteiger partial charge >= 0.3 is 0 Å². The number of terminal acetylenes is 1. The Labute approximate surface area is 174 Å². The summed E-state index contributed by atoms with van der Waals surface area (Å²) in [5.41, 5.74) is 2.61. The van der Waals surface area contributed by atoms with Gasteiger partial charge in [0, 0.05) is 23.3 Å². The van der Waals surface area contributed by atoms with Gasteiger partial charge in [-0.2, -0.15) is 0 Å². The number of halogens is 1. The minimum absolute atomic E-state index is 0.0742. The van der Waals surface area contributed by atoms with Crippen molar-refractivity contribution in [3.8, 4) is 12.3 Å². The van der Waals surface area contributed by atoms with Crippen LogP contribution in [0.15, 0.2) is 42.5 Å². The van der Waals surface area contributed by atoms with Crippen molar-refractivity contribution in [1.82, 2.24) is 0 Å². The van der Waals surface area contributed by atoms with Gasteiger partial charge in [0.05, 0.1) is 6.61 Å². The Balaban J connectivity index is 1.93. The van der Waals surface area contributed by atoms with Crippen LogP contribution >= 0.6 is 11.6 Å². The van der Waals surface area contributed by atoms with Gasteiger partial charge < -0.3 is 29.9 Å². The molecule has 0 spiro atoms. The van der Waals surface area contributed by atoms with Crippen LogP contribution in [0.2, 0.25) is 5.02 Å². The molecule has 0 aromatic heterocycles. The van der Waals surface area contributed by atoms with Gasteiger partial charge in [-0.15, -0.1) is 6.42 Å². The molecule has 1 fully saturated rings. The van der Waals surface area contributed by atoms with Crippen LogP contribution in [0.3, 0.4) is 0 Å². The number of benzene rings is 2. The molecule has 0 unspecified atom stereocenters. The van der Waals surface area contributed by atoms with E-state index in [-0.39, 0.29) is 12.2 Å². The molecule has 4 N–H and O–H groups in total. The summed E-state index contributed by atoms with van der Waals surface area (Å²) in [5.74, 6) is 0.314. The van der Waals surface area contributed by atoms with E-state index in [0.29, 0.717) is 17.0 Å². The van der Waals surface area contributed by atoms with Gasteiger partial charge in [-0.3, -0.25) is 0 Å². The zero-order chi connectivity index (χ0) is 21.2. The van der Waals surface area contributed by atoms with Crippen LogP contribution in [0.25, 0.3) is 0 Å². The third-order valence-electron chi connectivity index (χ3n) is 5.09. The predicted molar refractivity (Wildman–Crippen MR) is 107 cm³/mol. The molecule has 3 rings (SSSR count). The zero-order valence-corrected chi connectivity index (χ0v) is 16.6. The number of aliphatic hydroxyl groups excluding tert-OH is 3. The van der Waals surface area contributed by atoms with Gasteiger partial charge in [0.25, 0.3) is 0 Å². The summed E-state index contributed by atoms with van der Waals surface area (Å²) in [6, 6.07) is 12.1. The number of hydrogen-bond donors (Lipinski definition) is 4. The Bertz CT molecular complexity index is 893. The van der Waals surface area contributed by atoms with Gasteiger partial charge in [-0.25, -0.2) is 0 Å². The normalized spacial score (nSPS) is 29.4. The number of rotatable bonds is 5. The molecular formula is C22H23ClO6. The lowest BCUT2D eigenvalue weighted by Crippen LogP contribution is -2.63. The maximum absolute atomic E-state index is 11.1. The van der Waals surface area contributed by atoms with Crippen molar-refractivity contribution in [3.63, 3.8) is 0 Å². The largest absolute Gasteiger partial charge is 0.387 e. The average Bonchev–Trinajstić information content (AvgIpc) is 2.72. The Kier molecular flexibility index (Phi) is 6.62. The molecule has 1 aliphatic heterocycles. The van der Waals surface area contributed by atoms with Crippen LogP contribution in [0.5, 0.6) is 0 Å². The van der Waals surface area contributed by atoms with Gasteiger partial charge in [-0.05, 0) is 41.8 Å². The molecule has 2 aromatic rings. The van der Waals surface area contributed by atoms with Crippen LogP contribution in [0, 0.1) is 12.3 Å². The van der Waals surface area contributed by atoms with Crippen molar-refractivity contribution in [1.29, 1.82) is 0 Å². The first-order valence-corrected chi connectivity index (χ1v) is 9.45. The molecule has 1 heterocycles. The van der Waals surface area contributed by atoms with E-state index in [0.717, 1.165) is 11.1 Å². The van der Waals surface area contributed by atoms with Gasteiger partial charge in [-0.1, -0.05) is 35.7 Å². The van der Waals surface area contributed by atoms with Gasteiger partial charge in [0.15, 0.2) is 0 Å². The van der Waals surface area contributed by atoms with Crippen LogP contribution in [0.4, 0.5) is 0 Å². The van der Waals surface area contributed by atoms with E-state index in [2.05, 4.69) is 5.92 Å². The summed E-state index contributed by atoms with van der Waals surface area (Å²) >= 11 is 6.33. The maximum Gasteiger partial charge on any atom is 0.222 e. The molecule has 6 nitrogen and oxygen atoms in total. The first-order valence-electron chi connectivity index (χ1n) is 9.08. The molecule has 0 aliphatic carbocycles. The highest BCUT2D eigenvalue weighted by atomic mass is 35.5. The van der Waals surface area contributed by atoms with E-state index in [1.165, 1.54) is 13.2 Å². The van der Waals surface area contributed by atoms with Crippen molar-refractivity contribution in [3.05, 3.63) is 69.7 Å². The second-order valence-corrected chi connectivity index (χ2v) is 7.47. The molecule has 0 radical (unpaired) electrons. The fourth-order valence-corrected chi connectivity index (χ4v) is 3.60. The standard InChI is InChI=1S/C22H23ClO6/c1-3-13-4-6-14(7-5-13)10-15-11-16(8-9-17(15)23)22(27)21(26)20(25)19(24)18(29-22)12-28-2/h1,4-9,11,18-21,24-27H,10,12H2,2H3/t18-,19-,20+,21-,22-/m1/s1. The van der Waals surface area contributed by atoms with Gasteiger partial charge in [0.2, 0.25) is 5.79 Å². The lowest BCUT2D eigenvalue weighted by Gasteiger charge is -2.46. The molecule has 154 valence electrons. The highest BCUT2D eigenvalue weighted by Gasteiger charge is 2.53. The zero-order valence-electron chi connectivity index (χ0n) is 15.8. The highest BCUT2D eigenvalue weighted by molar-refractivity contribution is 6.31. The Morgan fingerprint density at radius 2 is 1.83 bits per heavy atom. The fourth-order valence-electron chi connectivity index (χ4n) is 3.42. The molecule has 5 atom stereocenters. The van der Waals surface area contributed by atoms with Crippen LogP contribution in [-0.2, 0) is 21.7 Å². The topological polar surface area (TPSA) is 99.4 Å². The van der Waals surface area contributed by atoms with E-state index < -0.39 is 30.2 Å². The number of aliphatic hydroxyl groups is 4. The average molecular weight is 419 g/mol. The molecule has 1 aliphatic rings. The molecule has 1 saturated heterocycles. The van der Waals surface area contributed by atoms with Crippen LogP contribution < -0.4 is 0 Å². The van der Waals surface area contributed by atoms with Crippen LogP contribution in [0.1, 0.15) is 22.3 Å². The Morgan fingerprint density at radius 3 is 2.45 bits per heavy atom. The SMILES string of the molecule is C#Cc1ccc(Cc2cc([C@@]3(O)O[C@H](COC)[C@@H](O)[C@H](O)[C@H]3O)ccc2Cl)cc1. The minimum atomic E-state index is -2.24. The maximum atomic E-state index is 11.1. The quantitative estimate of drug-likeness (QED) is 0.544. The summed E-state index contributed by atoms with van der Waals surface area (Å²) in [4.78, 5) is 0. The summed E-state index contributed by atoms with van der Waals surface area (Å²) in [6.45, 7) is -0.0742. The summed E-state index contributed by atoms with van der Waals surface area (Å²) < 4.78 is 10.6. The molecule has 0 saturated carbocycles. The molecular weight excluding hydrogens is 396 g/mol. The lowest BCUT2D eigenvalue weighted by atomic mass is 9.87. The van der Waals surface area contributed by atoms with E-state index >= 15 is 0 Å². The monoisotopic (exact) mass is 418 g/mol. The number of hydrogen-bond acceptors (Lipinski definition) is 6. The third-order valence-corrected chi connectivity index (χ3v) is 5.46. The Morgan fingerprint density at radius 1 is 1.14 bits per heavy atom. The molecule has 7 heteroatoms. The highest BCUT2D eigenvalue weighted by Crippen LogP contribution is 2.38. The van der Waals surface area contributed by atoms with Crippen molar-refractivity contribution in [2.75, 3.05) is 13.7 Å². The van der Waals surface area contributed by atoms with E-state index in [9.17, 15) is 20.4 Å². The predicted octanol–water partition coefficient (Wildman–Crippen LogP) is 1.19. The lowest BCUT2D eigenvalue weighted by molar-refractivity contribution is -0.358. The Hall–Kier alpha value is -1.95. The fraction of sp³-hybridized carbons (Fsp3) is 0.364. The third kappa shape index (κ3) is 4.32. The van der Waals surface area contributed by atoms with Crippen LogP contribution in [-0.4, -0.2) is 58.6 Å². The molecule has 2 aromatic carbocycles. The van der Waals surface area contributed by atoms with E-state index in [1.54, 1.807) is 12.1 Å². The van der Waals surface area contributed by atoms with Crippen molar-refractivity contribution >= 4 is 11.6 Å². The van der Waals surface area contributed by atoms with Crippen molar-refractivity contribution < 1.29 is 29.9 Å². The summed E-state index contributed by atoms with van der Waals surface area (Å²) in [6.07, 6.45) is 0.00212. The summed E-state index contributed by atoms with van der Waals surface area (Å²) in [7, 11) is 1.40. The second kappa shape index (κ2) is 8.82. The molecule has 0 amide bonds. The number of ether oxygens (including phenoxy) is 2. The minimum Gasteiger partial charge on any atom is -0.387 e. The van der Waals surface area contributed by atoms with Crippen molar-refractivity contribution in [2.45, 2.75) is 36.6 Å². The molecule has 0 bridgehead atoms. The van der Waals surface area contributed by atoms with E-state index in [4.69, 9.17) is 27.5 Å².